The van der Waals surface area contributed by atoms with Crippen LogP contribution >= 0.6 is 0 Å². The average Bonchev–Trinajstić information content (AvgIpc) is 3.42. The number of aliphatic hydroxyl groups is 1. The predicted molar refractivity (Wildman–Crippen MR) is 143 cm³/mol. The quantitative estimate of drug-likeness (QED) is 0.334. The Hall–Kier alpha value is -3.76. The summed E-state index contributed by atoms with van der Waals surface area (Å²) < 4.78 is 41.2. The lowest BCUT2D eigenvalue weighted by Crippen LogP contribution is -2.28. The zero-order valence-corrected chi connectivity index (χ0v) is 22.3. The van der Waals surface area contributed by atoms with Gasteiger partial charge < -0.3 is 14.4 Å². The fourth-order valence-corrected chi connectivity index (χ4v) is 5.91. The van der Waals surface area contributed by atoms with Gasteiger partial charge in [-0.1, -0.05) is 17.3 Å². The summed E-state index contributed by atoms with van der Waals surface area (Å²) >= 11 is 0. The highest BCUT2D eigenvalue weighted by Crippen LogP contribution is 2.43. The van der Waals surface area contributed by atoms with Gasteiger partial charge in [0.15, 0.2) is 5.82 Å². The van der Waals surface area contributed by atoms with Crippen LogP contribution in [0.15, 0.2) is 42.7 Å². The fraction of sp³-hybridized carbons (Fsp3) is 0.379. The Labute approximate surface area is 224 Å². The third-order valence-electron chi connectivity index (χ3n) is 7.72. The number of halogens is 2. The van der Waals surface area contributed by atoms with Crippen molar-refractivity contribution in [2.24, 2.45) is 13.0 Å². The van der Waals surface area contributed by atoms with Crippen LogP contribution in [0.3, 0.4) is 0 Å². The van der Waals surface area contributed by atoms with E-state index in [1.807, 2.05) is 17.6 Å². The number of fused-ring (bicyclic) bond motifs is 3. The first kappa shape index (κ1) is 25.5. The summed E-state index contributed by atoms with van der Waals surface area (Å²) in [6, 6.07) is 7.61. The Kier molecular flexibility index (Phi) is 6.19. The molecular formula is C29H30F2N6O2. The first-order valence-electron chi connectivity index (χ1n) is 13.1. The molecule has 0 radical (unpaired) electrons. The lowest BCUT2D eigenvalue weighted by molar-refractivity contribution is 0.0542. The number of rotatable bonds is 5. The third kappa shape index (κ3) is 4.18. The van der Waals surface area contributed by atoms with Crippen molar-refractivity contribution in [2.75, 3.05) is 13.2 Å². The van der Waals surface area contributed by atoms with Crippen LogP contribution < -0.4 is 0 Å². The molecule has 1 aliphatic heterocycles. The Bertz CT molecular complexity index is 1680. The Morgan fingerprint density at radius 3 is 2.56 bits per heavy atom. The molecule has 1 N–H and O–H groups in total. The van der Waals surface area contributed by atoms with Gasteiger partial charge in [0.25, 0.3) is 0 Å². The van der Waals surface area contributed by atoms with Gasteiger partial charge in [0.2, 0.25) is 0 Å². The minimum Gasteiger partial charge on any atom is -0.386 e. The van der Waals surface area contributed by atoms with Gasteiger partial charge in [-0.25, -0.2) is 13.5 Å². The fourth-order valence-electron chi connectivity index (χ4n) is 5.91. The van der Waals surface area contributed by atoms with E-state index in [9.17, 15) is 5.11 Å². The highest BCUT2D eigenvalue weighted by Gasteiger charge is 2.35. The first-order valence-corrected chi connectivity index (χ1v) is 13.1. The van der Waals surface area contributed by atoms with Crippen LogP contribution in [0, 0.1) is 24.5 Å². The summed E-state index contributed by atoms with van der Waals surface area (Å²) in [6.07, 6.45) is 4.61. The van der Waals surface area contributed by atoms with E-state index in [2.05, 4.69) is 15.3 Å². The Balaban J connectivity index is 1.75. The molecule has 5 heterocycles. The zero-order chi connectivity index (χ0) is 27.5. The SMILES string of the molecule is Cc1nnn(C)c1-c1cnc2c3ccc(C(C)(C)O)c(F)c3n(C(c3ncccc3F)C3CCOCC3)c2c1. The standard InChI is InChI=1S/C29H30F2N6O2/c1-16-26(36(4)35-34-16)18-14-22-24(33-15-18)19-7-8-20(29(2,3)38)23(31)28(19)37(22)27(17-9-12-39-13-10-17)25-21(30)6-5-11-32-25/h5-8,11,14-15,17,27,38H,9-10,12-13H2,1-4H3. The summed E-state index contributed by atoms with van der Waals surface area (Å²) in [5, 5.41) is 19.7. The maximum Gasteiger partial charge on any atom is 0.153 e. The predicted octanol–water partition coefficient (Wildman–Crippen LogP) is 5.21. The number of aromatic nitrogens is 6. The van der Waals surface area contributed by atoms with Gasteiger partial charge in [-0.15, -0.1) is 5.10 Å². The molecule has 1 fully saturated rings. The minimum atomic E-state index is -1.43. The van der Waals surface area contributed by atoms with E-state index in [1.54, 1.807) is 56.2 Å². The molecule has 6 rings (SSSR count). The van der Waals surface area contributed by atoms with Gasteiger partial charge in [0, 0.05) is 49.2 Å². The van der Waals surface area contributed by atoms with Crippen LogP contribution in [0.4, 0.5) is 8.78 Å². The molecule has 1 unspecified atom stereocenters. The van der Waals surface area contributed by atoms with E-state index in [-0.39, 0.29) is 22.7 Å². The zero-order valence-electron chi connectivity index (χ0n) is 22.3. The van der Waals surface area contributed by atoms with Gasteiger partial charge in [-0.3, -0.25) is 9.97 Å². The molecule has 39 heavy (non-hydrogen) atoms. The molecular weight excluding hydrogens is 502 g/mol. The lowest BCUT2D eigenvalue weighted by Gasteiger charge is -2.32. The molecule has 202 valence electrons. The topological polar surface area (TPSA) is 90.9 Å². The highest BCUT2D eigenvalue weighted by atomic mass is 19.1. The molecule has 0 spiro atoms. The van der Waals surface area contributed by atoms with Crippen LogP contribution in [0.5, 0.6) is 0 Å². The molecule has 1 atom stereocenters. The first-order chi connectivity index (χ1) is 18.7. The smallest absolute Gasteiger partial charge is 0.153 e. The van der Waals surface area contributed by atoms with Crippen molar-refractivity contribution in [1.82, 2.24) is 29.5 Å². The second-order valence-corrected chi connectivity index (χ2v) is 10.8. The van der Waals surface area contributed by atoms with Crippen molar-refractivity contribution in [3.63, 3.8) is 0 Å². The molecule has 5 aromatic rings. The van der Waals surface area contributed by atoms with Crippen molar-refractivity contribution in [3.05, 3.63) is 71.3 Å². The van der Waals surface area contributed by atoms with Gasteiger partial charge in [-0.2, -0.15) is 0 Å². The highest BCUT2D eigenvalue weighted by molar-refractivity contribution is 6.07. The Morgan fingerprint density at radius 1 is 1.13 bits per heavy atom. The van der Waals surface area contributed by atoms with Crippen molar-refractivity contribution in [1.29, 1.82) is 0 Å². The molecule has 0 saturated carbocycles. The third-order valence-corrected chi connectivity index (χ3v) is 7.72. The van der Waals surface area contributed by atoms with E-state index >= 15 is 8.78 Å². The van der Waals surface area contributed by atoms with Crippen LogP contribution in [0.1, 0.15) is 49.7 Å². The molecule has 4 aromatic heterocycles. The molecule has 10 heteroatoms. The summed E-state index contributed by atoms with van der Waals surface area (Å²) in [6.45, 7) is 6.01. The van der Waals surface area contributed by atoms with Crippen molar-refractivity contribution < 1.29 is 18.6 Å². The number of pyridine rings is 2. The molecule has 8 nitrogen and oxygen atoms in total. The normalized spacial score (nSPS) is 15.9. The molecule has 1 aromatic carbocycles. The van der Waals surface area contributed by atoms with Gasteiger partial charge in [0.1, 0.15) is 5.82 Å². The van der Waals surface area contributed by atoms with E-state index in [4.69, 9.17) is 9.72 Å². The van der Waals surface area contributed by atoms with Gasteiger partial charge >= 0.3 is 0 Å². The second-order valence-electron chi connectivity index (χ2n) is 10.8. The van der Waals surface area contributed by atoms with Crippen molar-refractivity contribution >= 4 is 21.9 Å². The van der Waals surface area contributed by atoms with Crippen molar-refractivity contribution in [2.45, 2.75) is 45.3 Å². The van der Waals surface area contributed by atoms with Crippen LogP contribution in [-0.2, 0) is 17.4 Å². The monoisotopic (exact) mass is 532 g/mol. The molecule has 0 bridgehead atoms. The summed E-state index contributed by atoms with van der Waals surface area (Å²) in [4.78, 5) is 9.26. The van der Waals surface area contributed by atoms with Crippen LogP contribution in [0.2, 0.25) is 0 Å². The number of nitrogens with zero attached hydrogens (tertiary/aromatic N) is 6. The number of hydrogen-bond acceptors (Lipinski definition) is 6. The number of aryl methyl sites for hydroxylation is 2. The van der Waals surface area contributed by atoms with E-state index in [1.165, 1.54) is 6.07 Å². The van der Waals surface area contributed by atoms with Crippen LogP contribution in [0.25, 0.3) is 33.2 Å². The average molecular weight is 533 g/mol. The summed E-state index contributed by atoms with van der Waals surface area (Å²) in [5.74, 6) is -1.10. The summed E-state index contributed by atoms with van der Waals surface area (Å²) in [7, 11) is 1.80. The lowest BCUT2D eigenvalue weighted by atomic mass is 9.88. The molecule has 1 aliphatic rings. The Morgan fingerprint density at radius 2 is 1.90 bits per heavy atom. The number of ether oxygens (including phenoxy) is 1. The molecule has 0 aliphatic carbocycles. The minimum absolute atomic E-state index is 0.0732. The van der Waals surface area contributed by atoms with E-state index < -0.39 is 23.3 Å². The molecule has 1 saturated heterocycles. The maximum absolute atomic E-state index is 16.5. The second kappa shape index (κ2) is 9.46. The maximum atomic E-state index is 16.5. The van der Waals surface area contributed by atoms with E-state index in [0.29, 0.717) is 42.5 Å². The van der Waals surface area contributed by atoms with Gasteiger partial charge in [0.05, 0.1) is 45.3 Å². The number of benzene rings is 1. The summed E-state index contributed by atoms with van der Waals surface area (Å²) in [5.41, 5.74) is 2.70. The largest absolute Gasteiger partial charge is 0.386 e. The number of hydrogen-bond donors (Lipinski definition) is 1. The van der Waals surface area contributed by atoms with Crippen molar-refractivity contribution in [3.8, 4) is 11.3 Å². The molecule has 0 amide bonds. The van der Waals surface area contributed by atoms with Gasteiger partial charge in [-0.05, 0) is 57.7 Å². The van der Waals surface area contributed by atoms with Crippen LogP contribution in [-0.4, -0.2) is 47.8 Å². The van der Waals surface area contributed by atoms with E-state index in [0.717, 1.165) is 17.0 Å².